The second-order valence-corrected chi connectivity index (χ2v) is 16.3. The van der Waals surface area contributed by atoms with Gasteiger partial charge < -0.3 is 20.1 Å². The fraction of sp³-hybridized carbons (Fsp3) is 0.929. The molecule has 3 N–H and O–H groups in total. The molecule has 0 rings (SSSR count). The molecule has 11 heteroatoms. The Bertz CT molecular complexity index is 954. The zero-order valence-corrected chi connectivity index (χ0v) is 35.0. The minimum absolute atomic E-state index is 0.181. The van der Waals surface area contributed by atoms with E-state index < -0.39 is 38.6 Å². The molecule has 0 aliphatic rings. The predicted octanol–water partition coefficient (Wildman–Crippen LogP) is 11.9. The SMILES string of the molecule is [2H]NCC(C#N)OP(=O)(O)OC[C@@H](COC(=O)CCCCCCCCCCCCCCCCC)OC(=O)CCCCCCCCCCCCCCCCC. The van der Waals surface area contributed by atoms with E-state index in [1.807, 2.05) is 5.73 Å². The molecule has 0 heterocycles. The zero-order valence-electron chi connectivity index (χ0n) is 35.1. The fourth-order valence-electron chi connectivity index (χ4n) is 6.38. The summed E-state index contributed by atoms with van der Waals surface area (Å²) in [7, 11) is -4.72. The normalized spacial score (nSPS) is 13.9. The fourth-order valence-corrected chi connectivity index (χ4v) is 7.23. The van der Waals surface area contributed by atoms with Gasteiger partial charge in [-0.05, 0) is 12.8 Å². The number of hydrogen-bond donors (Lipinski definition) is 2. The third kappa shape index (κ3) is 37.2. The molecule has 3 atom stereocenters. The number of unbranched alkanes of at least 4 members (excludes halogenated alkanes) is 28. The van der Waals surface area contributed by atoms with Crippen LogP contribution < -0.4 is 5.73 Å². The lowest BCUT2D eigenvalue weighted by Crippen LogP contribution is -2.30. The van der Waals surface area contributed by atoms with Crippen LogP contribution >= 0.6 is 7.82 Å². The molecule has 0 radical (unpaired) electrons. The summed E-state index contributed by atoms with van der Waals surface area (Å²) in [5.74, 6) is -0.929. The number of nitrogens with two attached hydrogens (primary N) is 1. The van der Waals surface area contributed by atoms with E-state index in [-0.39, 0.29) is 26.0 Å². The van der Waals surface area contributed by atoms with Crippen molar-refractivity contribution in [2.45, 2.75) is 232 Å². The third-order valence-corrected chi connectivity index (χ3v) is 10.7. The van der Waals surface area contributed by atoms with Crippen molar-refractivity contribution >= 4 is 19.8 Å². The number of phosphoric acid groups is 1. The predicted molar refractivity (Wildman–Crippen MR) is 215 cm³/mol. The van der Waals surface area contributed by atoms with Crippen LogP contribution in [0, 0.1) is 11.3 Å². The molecule has 0 aliphatic heterocycles. The zero-order chi connectivity index (χ0) is 39.8. The lowest BCUT2D eigenvalue weighted by molar-refractivity contribution is -0.161. The first-order valence-corrected chi connectivity index (χ1v) is 23.3. The number of phosphoric ester groups is 1. The van der Waals surface area contributed by atoms with Crippen molar-refractivity contribution < 1.29 is 39.0 Å². The Hall–Kier alpha value is -1.50. The molecule has 0 saturated carbocycles. The van der Waals surface area contributed by atoms with Gasteiger partial charge in [0.2, 0.25) is 0 Å². The van der Waals surface area contributed by atoms with E-state index in [0.717, 1.165) is 38.5 Å². The Morgan fingerprint density at radius 3 is 1.34 bits per heavy atom. The summed E-state index contributed by atoms with van der Waals surface area (Å²) in [6.07, 6.45) is 34.7. The summed E-state index contributed by atoms with van der Waals surface area (Å²) in [6, 6.07) is 1.66. The second-order valence-electron chi connectivity index (χ2n) is 14.9. The molecule has 0 spiro atoms. The van der Waals surface area contributed by atoms with E-state index in [9.17, 15) is 19.0 Å². The molecule has 0 fully saturated rings. The first-order valence-electron chi connectivity index (χ1n) is 22.3. The minimum atomic E-state index is -4.72. The molecule has 0 amide bonds. The highest BCUT2D eigenvalue weighted by atomic mass is 31.2. The molecule has 0 aliphatic carbocycles. The van der Waals surface area contributed by atoms with Crippen LogP contribution in [-0.4, -0.2) is 48.8 Å². The Morgan fingerprint density at radius 2 is 0.981 bits per heavy atom. The highest BCUT2D eigenvalue weighted by Crippen LogP contribution is 2.44. The van der Waals surface area contributed by atoms with Crippen LogP contribution in [0.1, 0.15) is 219 Å². The molecule has 0 aromatic rings. The van der Waals surface area contributed by atoms with Gasteiger partial charge in [0.15, 0.2) is 12.2 Å². The lowest BCUT2D eigenvalue weighted by Gasteiger charge is -2.20. The summed E-state index contributed by atoms with van der Waals surface area (Å²) >= 11 is 0. The van der Waals surface area contributed by atoms with Crippen LogP contribution in [0.25, 0.3) is 0 Å². The van der Waals surface area contributed by atoms with E-state index in [4.69, 9.17) is 25.2 Å². The van der Waals surface area contributed by atoms with Crippen molar-refractivity contribution in [3.63, 3.8) is 0 Å². The Morgan fingerprint density at radius 1 is 0.623 bits per heavy atom. The highest BCUT2D eigenvalue weighted by Gasteiger charge is 2.29. The molecule has 0 bridgehead atoms. The summed E-state index contributed by atoms with van der Waals surface area (Å²) in [4.78, 5) is 35.2. The summed E-state index contributed by atoms with van der Waals surface area (Å²) in [5.41, 5.74) is 1.95. The topological polar surface area (TPSA) is 158 Å². The first kappa shape index (κ1) is 49.5. The molecule has 312 valence electrons. The molecule has 0 aromatic heterocycles. The Balaban J connectivity index is 4.33. The summed E-state index contributed by atoms with van der Waals surface area (Å²) in [6.45, 7) is 3.32. The van der Waals surface area contributed by atoms with Gasteiger partial charge in [-0.1, -0.05) is 194 Å². The van der Waals surface area contributed by atoms with Crippen molar-refractivity contribution in [3.05, 3.63) is 0 Å². The van der Waals surface area contributed by atoms with Crippen LogP contribution in [-0.2, 0) is 32.7 Å². The van der Waals surface area contributed by atoms with Gasteiger partial charge in [0, 0.05) is 19.4 Å². The quantitative estimate of drug-likeness (QED) is 0.0347. The number of ether oxygens (including phenoxy) is 2. The molecular formula is C42H81N2O8P. The van der Waals surface area contributed by atoms with Crippen LogP contribution in [0.5, 0.6) is 0 Å². The second kappa shape index (κ2) is 38.8. The third-order valence-electron chi connectivity index (χ3n) is 9.71. The van der Waals surface area contributed by atoms with Gasteiger partial charge in [-0.15, -0.1) is 0 Å². The van der Waals surface area contributed by atoms with Crippen LogP contribution in [0.4, 0.5) is 0 Å². The summed E-state index contributed by atoms with van der Waals surface area (Å²) in [5, 5.41) is 9.08. The molecule has 2 unspecified atom stereocenters. The molecular weight excluding hydrogens is 691 g/mol. The number of carbonyl (C=O) groups is 2. The molecule has 10 nitrogen and oxygen atoms in total. The molecule has 53 heavy (non-hydrogen) atoms. The van der Waals surface area contributed by atoms with Gasteiger partial charge in [0.1, 0.15) is 8.02 Å². The maximum absolute atomic E-state index is 12.6. The van der Waals surface area contributed by atoms with E-state index in [0.29, 0.717) is 12.8 Å². The van der Waals surface area contributed by atoms with Gasteiger partial charge in [-0.2, -0.15) is 5.26 Å². The van der Waals surface area contributed by atoms with Crippen molar-refractivity contribution in [1.29, 1.82) is 5.26 Å². The van der Waals surface area contributed by atoms with Gasteiger partial charge in [0.05, 0.1) is 12.7 Å². The van der Waals surface area contributed by atoms with Crippen molar-refractivity contribution in [2.75, 3.05) is 19.8 Å². The number of carbonyl (C=O) groups excluding carboxylic acids is 2. The van der Waals surface area contributed by atoms with Crippen molar-refractivity contribution in [1.82, 2.24) is 0 Å². The van der Waals surface area contributed by atoms with Crippen LogP contribution in [0.2, 0.25) is 1.41 Å². The van der Waals surface area contributed by atoms with Crippen molar-refractivity contribution in [3.8, 4) is 6.07 Å². The van der Waals surface area contributed by atoms with Crippen LogP contribution in [0.3, 0.4) is 0 Å². The van der Waals surface area contributed by atoms with E-state index in [1.54, 1.807) is 6.07 Å². The first-order chi connectivity index (χ1) is 26.3. The Labute approximate surface area is 326 Å². The summed E-state index contributed by atoms with van der Waals surface area (Å²) < 4.78 is 40.1. The molecule has 0 saturated heterocycles. The van der Waals surface area contributed by atoms with Gasteiger partial charge >= 0.3 is 19.8 Å². The van der Waals surface area contributed by atoms with Gasteiger partial charge in [0.25, 0.3) is 0 Å². The Kier molecular flexibility index (Phi) is 36.2. The van der Waals surface area contributed by atoms with Gasteiger partial charge in [-0.25, -0.2) is 4.57 Å². The van der Waals surface area contributed by atoms with Crippen molar-refractivity contribution in [2.24, 2.45) is 5.73 Å². The van der Waals surface area contributed by atoms with E-state index >= 15 is 0 Å². The number of nitriles is 1. The minimum Gasteiger partial charge on any atom is -0.462 e. The maximum atomic E-state index is 12.6. The highest BCUT2D eigenvalue weighted by molar-refractivity contribution is 7.47. The molecule has 0 aromatic carbocycles. The lowest BCUT2D eigenvalue weighted by atomic mass is 10.0. The largest absolute Gasteiger partial charge is 0.473 e. The van der Waals surface area contributed by atoms with Gasteiger partial charge in [-0.3, -0.25) is 18.6 Å². The standard InChI is InChI=1S/C42H81N2O8P/c1-3-5-7-9-11-13-15-17-19-21-23-25-27-29-31-33-41(45)49-37-40(38-50-53(47,48)52-39(35-43)36-44)51-42(46)34-32-30-28-26-24-22-20-18-16-14-12-10-8-6-4-2/h39-40H,3-35,37-38,43H2,1-2H3,(H,47,48)/t39?,40-/m1/s1/i/hD. The average Bonchev–Trinajstić information content (AvgIpc) is 3.15. The average molecular weight is 774 g/mol. The van der Waals surface area contributed by atoms with Crippen LogP contribution in [0.15, 0.2) is 0 Å². The smallest absolute Gasteiger partial charge is 0.462 e. The number of esters is 2. The van der Waals surface area contributed by atoms with E-state index in [1.165, 1.54) is 141 Å². The number of rotatable bonds is 42. The monoisotopic (exact) mass is 774 g/mol. The van der Waals surface area contributed by atoms with E-state index in [2.05, 4.69) is 13.8 Å². The number of nitrogens with zero attached hydrogens (tertiary/aromatic N) is 1. The maximum Gasteiger partial charge on any atom is 0.473 e. The number of hydrogen-bond acceptors (Lipinski definition) is 9.